The third kappa shape index (κ3) is 10.6. The molecule has 0 bridgehead atoms. The normalized spacial score (nSPS) is 36.5. The molecule has 4 saturated carbocycles. The minimum Gasteiger partial charge on any atom is -0.374 e. The zero-order chi connectivity index (χ0) is 38.2. The summed E-state index contributed by atoms with van der Waals surface area (Å²) < 4.78 is 93.3. The van der Waals surface area contributed by atoms with E-state index in [2.05, 4.69) is 26.0 Å². The molecule has 0 amide bonds. The Balaban J connectivity index is 0.993. The van der Waals surface area contributed by atoms with E-state index in [9.17, 15) is 26.2 Å². The maximum atomic E-state index is 13.0. The molecule has 6 nitrogen and oxygen atoms in total. The van der Waals surface area contributed by atoms with Gasteiger partial charge in [0.05, 0.1) is 25.4 Å². The fraction of sp³-hybridized carbons (Fsp3) is 0.951. The van der Waals surface area contributed by atoms with E-state index >= 15 is 0 Å². The summed E-state index contributed by atoms with van der Waals surface area (Å²) in [4.78, 5) is 11.4. The molecule has 10 atom stereocenters. The van der Waals surface area contributed by atoms with Crippen LogP contribution in [0.1, 0.15) is 142 Å². The van der Waals surface area contributed by atoms with Crippen LogP contribution in [0.15, 0.2) is 12.2 Å². The highest BCUT2D eigenvalue weighted by Gasteiger charge is 2.65. The second-order valence-electron chi connectivity index (χ2n) is 17.6. The zero-order valence-electron chi connectivity index (χ0n) is 32.5. The van der Waals surface area contributed by atoms with Gasteiger partial charge < -0.3 is 14.2 Å². The van der Waals surface area contributed by atoms with Gasteiger partial charge in [-0.05, 0) is 112 Å². The Labute approximate surface area is 317 Å². The average Bonchev–Trinajstić information content (AvgIpc) is 3.70. The molecule has 1 saturated heterocycles. The lowest BCUT2D eigenvalue weighted by Gasteiger charge is -2.63. The maximum Gasteiger partial charge on any atom is 0.453 e. The van der Waals surface area contributed by atoms with Crippen LogP contribution in [-0.2, 0) is 34.8 Å². The van der Waals surface area contributed by atoms with E-state index in [0.29, 0.717) is 55.9 Å². The van der Waals surface area contributed by atoms with E-state index in [4.69, 9.17) is 24.0 Å². The van der Waals surface area contributed by atoms with Gasteiger partial charge in [0, 0.05) is 42.3 Å². The first-order valence-corrected chi connectivity index (χ1v) is 22.2. The topological polar surface area (TPSA) is 63.2 Å². The van der Waals surface area contributed by atoms with Crippen molar-refractivity contribution in [2.75, 3.05) is 38.6 Å². The number of allylic oxidation sites excluding steroid dienone is 1. The number of rotatable bonds is 21. The molecule has 2 unspecified atom stereocenters. The molecule has 12 heteroatoms. The highest BCUT2D eigenvalue weighted by atomic mass is 32.2. The molecule has 0 aromatic heterocycles. The molecule has 5 fully saturated rings. The molecule has 5 rings (SSSR count). The Morgan fingerprint density at radius 2 is 1.51 bits per heavy atom. The largest absolute Gasteiger partial charge is 0.453 e. The first kappa shape index (κ1) is 43.5. The number of halogens is 5. The van der Waals surface area contributed by atoms with Gasteiger partial charge in [-0.15, -0.1) is 0 Å². The Morgan fingerprint density at radius 3 is 2.21 bits per heavy atom. The molecule has 1 spiro atoms. The minimum absolute atomic E-state index is 0.0863. The summed E-state index contributed by atoms with van der Waals surface area (Å²) in [6.07, 6.45) is 17.4. The third-order valence-corrected chi connectivity index (χ3v) is 15.7. The van der Waals surface area contributed by atoms with Crippen LogP contribution in [0, 0.1) is 34.5 Å². The fourth-order valence-electron chi connectivity index (χ4n) is 11.3. The molecule has 1 heterocycles. The molecule has 4 aliphatic carbocycles. The van der Waals surface area contributed by atoms with Crippen LogP contribution in [-0.4, -0.2) is 72.7 Å². The van der Waals surface area contributed by atoms with E-state index in [1.54, 1.807) is 7.11 Å². The van der Waals surface area contributed by atoms with Crippen molar-refractivity contribution >= 4 is 10.8 Å². The molecule has 0 aromatic carbocycles. The number of fused-ring (bicyclic) bond motifs is 5. The quantitative estimate of drug-likeness (QED) is 0.0380. The Hall–Kier alpha value is -0.660. The number of ether oxygens (including phenoxy) is 3. The standard InChI is InChI=1S/C41H67F5O6S/c1-37-21-22-39(23-25-51-52-39)28-31(37)16-17-32-33-18-19-35(50-30-48-3)38(33,2)29-34(36(32)37)49-24-13-11-9-7-5-4-6-8-10-12-14-26-53(47)27-15-20-40(42,43)41(44,45)46/h11,13,31-36H,4-10,12,14-30H2,1-3H3/b13-11+/t31-,32-,33-,34-,35-,36+,37-,38-,39?,53?/m0/s1. The molecular formula is C41H67F5O6S. The summed E-state index contributed by atoms with van der Waals surface area (Å²) in [7, 11) is 0.361. The predicted molar refractivity (Wildman–Crippen MR) is 197 cm³/mol. The van der Waals surface area contributed by atoms with Gasteiger partial charge in [0.25, 0.3) is 0 Å². The summed E-state index contributed by atoms with van der Waals surface area (Å²) >= 11 is 0. The molecule has 308 valence electrons. The second kappa shape index (κ2) is 19.2. The molecule has 0 aromatic rings. The monoisotopic (exact) mass is 782 g/mol. The average molecular weight is 783 g/mol. The van der Waals surface area contributed by atoms with Gasteiger partial charge >= 0.3 is 12.1 Å². The molecule has 1 aliphatic heterocycles. The number of methoxy groups -OCH3 is 1. The van der Waals surface area contributed by atoms with Crippen LogP contribution in [0.3, 0.4) is 0 Å². The van der Waals surface area contributed by atoms with E-state index in [1.807, 2.05) is 0 Å². The first-order valence-electron chi connectivity index (χ1n) is 20.7. The van der Waals surface area contributed by atoms with E-state index < -0.39 is 29.3 Å². The fourth-order valence-corrected chi connectivity index (χ4v) is 12.5. The SMILES string of the molecule is COCO[C@H]1CC[C@H]2[C@@H]3CC[C@H]4CC5(CCOO5)CC[C@]4(C)[C@H]3[C@@H](OC/C=C/CCCCCCCCCCS(=O)CCCC(F)(F)C(F)(F)F)C[C@]12C. The van der Waals surface area contributed by atoms with E-state index in [-0.39, 0.29) is 40.8 Å². The minimum atomic E-state index is -5.54. The molecular weight excluding hydrogens is 716 g/mol. The van der Waals surface area contributed by atoms with Gasteiger partial charge in [-0.3, -0.25) is 4.21 Å². The van der Waals surface area contributed by atoms with Crippen molar-refractivity contribution in [3.63, 3.8) is 0 Å². The number of hydrogen-bond acceptors (Lipinski definition) is 6. The number of hydrogen-bond donors (Lipinski definition) is 0. The van der Waals surface area contributed by atoms with Crippen LogP contribution in [0.5, 0.6) is 0 Å². The van der Waals surface area contributed by atoms with Crippen LogP contribution in [0.25, 0.3) is 0 Å². The maximum absolute atomic E-state index is 13.0. The van der Waals surface area contributed by atoms with Gasteiger partial charge in [-0.2, -0.15) is 22.0 Å². The van der Waals surface area contributed by atoms with Crippen molar-refractivity contribution in [1.82, 2.24) is 0 Å². The summed E-state index contributed by atoms with van der Waals surface area (Å²) in [6.45, 7) is 6.74. The number of alkyl halides is 5. The van der Waals surface area contributed by atoms with Crippen molar-refractivity contribution in [3.8, 4) is 0 Å². The number of unbranched alkanes of at least 4 members (excludes halogenated alkanes) is 8. The van der Waals surface area contributed by atoms with Crippen molar-refractivity contribution in [1.29, 1.82) is 0 Å². The predicted octanol–water partition coefficient (Wildman–Crippen LogP) is 10.9. The highest BCUT2D eigenvalue weighted by molar-refractivity contribution is 7.84. The van der Waals surface area contributed by atoms with Gasteiger partial charge in [-0.25, -0.2) is 9.78 Å². The van der Waals surface area contributed by atoms with Gasteiger partial charge in [0.1, 0.15) is 12.4 Å². The van der Waals surface area contributed by atoms with Gasteiger partial charge in [0.15, 0.2) is 0 Å². The zero-order valence-corrected chi connectivity index (χ0v) is 33.4. The smallest absolute Gasteiger partial charge is 0.374 e. The van der Waals surface area contributed by atoms with Crippen LogP contribution < -0.4 is 0 Å². The van der Waals surface area contributed by atoms with Crippen LogP contribution in [0.2, 0.25) is 0 Å². The van der Waals surface area contributed by atoms with Crippen LogP contribution in [0.4, 0.5) is 22.0 Å². The lowest BCUT2D eigenvalue weighted by molar-refractivity contribution is -0.327. The molecule has 53 heavy (non-hydrogen) atoms. The molecule has 0 radical (unpaired) electrons. The van der Waals surface area contributed by atoms with Crippen molar-refractivity contribution in [3.05, 3.63) is 12.2 Å². The summed E-state index contributed by atoms with van der Waals surface area (Å²) in [5.41, 5.74) is 0.252. The van der Waals surface area contributed by atoms with Gasteiger partial charge in [-0.1, -0.05) is 64.5 Å². The van der Waals surface area contributed by atoms with E-state index in [1.165, 1.54) is 38.5 Å². The Bertz CT molecular complexity index is 1180. The second-order valence-corrected chi connectivity index (χ2v) is 19.3. The first-order chi connectivity index (χ1) is 25.2. The Morgan fingerprint density at radius 1 is 0.792 bits per heavy atom. The van der Waals surface area contributed by atoms with Crippen molar-refractivity contribution in [2.24, 2.45) is 34.5 Å². The van der Waals surface area contributed by atoms with Crippen molar-refractivity contribution < 1.29 is 50.1 Å². The lowest BCUT2D eigenvalue weighted by atomic mass is 9.43. The van der Waals surface area contributed by atoms with Crippen LogP contribution >= 0.6 is 0 Å². The third-order valence-electron chi connectivity index (χ3n) is 14.2. The highest BCUT2D eigenvalue weighted by Crippen LogP contribution is 2.68. The summed E-state index contributed by atoms with van der Waals surface area (Å²) in [6, 6.07) is 0. The molecule has 0 N–H and O–H groups in total. The summed E-state index contributed by atoms with van der Waals surface area (Å²) in [5, 5.41) is 0. The van der Waals surface area contributed by atoms with Crippen molar-refractivity contribution in [2.45, 2.75) is 172 Å². The Kier molecular flexibility index (Phi) is 15.7. The lowest BCUT2D eigenvalue weighted by Crippen LogP contribution is -2.61. The van der Waals surface area contributed by atoms with Gasteiger partial charge in [0.2, 0.25) is 0 Å². The van der Waals surface area contributed by atoms with E-state index in [0.717, 1.165) is 70.6 Å². The molecule has 5 aliphatic rings. The summed E-state index contributed by atoms with van der Waals surface area (Å²) in [5.74, 6) is -1.95.